The van der Waals surface area contributed by atoms with Crippen LogP contribution < -0.4 is 17.0 Å². The molecule has 0 radical (unpaired) electrons. The van der Waals surface area contributed by atoms with Crippen molar-refractivity contribution in [1.82, 2.24) is 9.55 Å². The van der Waals surface area contributed by atoms with Gasteiger partial charge in [-0.05, 0) is 13.8 Å². The molecule has 22 heavy (non-hydrogen) atoms. The smallest absolute Gasteiger partial charge is 0.330 e. The van der Waals surface area contributed by atoms with Gasteiger partial charge in [0, 0.05) is 18.3 Å². The van der Waals surface area contributed by atoms with E-state index >= 15 is 0 Å². The maximum absolute atomic E-state index is 12.1. The van der Waals surface area contributed by atoms with E-state index in [0.29, 0.717) is 0 Å². The second-order valence-corrected chi connectivity index (χ2v) is 5.84. The van der Waals surface area contributed by atoms with E-state index in [1.54, 1.807) is 13.8 Å². The molecule has 1 aromatic heterocycles. The van der Waals surface area contributed by atoms with Crippen molar-refractivity contribution in [3.05, 3.63) is 32.6 Å². The van der Waals surface area contributed by atoms with E-state index in [1.807, 2.05) is 0 Å². The lowest BCUT2D eigenvalue weighted by atomic mass is 10.1. The van der Waals surface area contributed by atoms with Crippen LogP contribution in [0.5, 0.6) is 0 Å². The van der Waals surface area contributed by atoms with E-state index in [-0.39, 0.29) is 18.7 Å². The number of aliphatic hydroxyl groups excluding tert-OH is 1. The van der Waals surface area contributed by atoms with Gasteiger partial charge in [0.2, 0.25) is 0 Å². The third kappa shape index (κ3) is 2.40. The van der Waals surface area contributed by atoms with Crippen LogP contribution in [0, 0.1) is 0 Å². The summed E-state index contributed by atoms with van der Waals surface area (Å²) < 4.78 is 18.4. The first-order chi connectivity index (χ1) is 10.4. The Balaban J connectivity index is 2.02. The number of aromatic amines is 1. The van der Waals surface area contributed by atoms with Crippen LogP contribution in [0.4, 0.5) is 0 Å². The highest BCUT2D eigenvalue weighted by Crippen LogP contribution is 2.42. The SMILES string of the molecule is CC1(C)O[C@@H]2[C@H](O1)[C@@H](CO)O[C@H]2n1cc(CN)c(=O)[nH]c1=O. The molecule has 4 atom stereocenters. The Hall–Kier alpha value is -1.52. The van der Waals surface area contributed by atoms with Gasteiger partial charge in [0.05, 0.1) is 6.61 Å². The van der Waals surface area contributed by atoms with Crippen molar-refractivity contribution in [2.45, 2.75) is 50.7 Å². The van der Waals surface area contributed by atoms with Crippen LogP contribution in [-0.2, 0) is 20.8 Å². The second kappa shape index (κ2) is 5.28. The van der Waals surface area contributed by atoms with E-state index in [1.165, 1.54) is 10.8 Å². The molecule has 0 aromatic carbocycles. The van der Waals surface area contributed by atoms with Crippen LogP contribution in [0.25, 0.3) is 0 Å². The maximum Gasteiger partial charge on any atom is 0.330 e. The van der Waals surface area contributed by atoms with Crippen LogP contribution in [-0.4, -0.2) is 45.4 Å². The summed E-state index contributed by atoms with van der Waals surface area (Å²) in [6.45, 7) is 3.22. The van der Waals surface area contributed by atoms with E-state index in [2.05, 4.69) is 4.98 Å². The quantitative estimate of drug-likeness (QED) is 0.613. The minimum Gasteiger partial charge on any atom is -0.394 e. The van der Waals surface area contributed by atoms with E-state index in [9.17, 15) is 14.7 Å². The van der Waals surface area contributed by atoms with Gasteiger partial charge < -0.3 is 25.1 Å². The van der Waals surface area contributed by atoms with Gasteiger partial charge in [0.1, 0.15) is 18.3 Å². The molecule has 0 saturated carbocycles. The lowest BCUT2D eigenvalue weighted by Gasteiger charge is -2.24. The largest absolute Gasteiger partial charge is 0.394 e. The van der Waals surface area contributed by atoms with Crippen molar-refractivity contribution in [1.29, 1.82) is 0 Å². The molecule has 2 fully saturated rings. The predicted molar refractivity (Wildman–Crippen MR) is 74.0 cm³/mol. The van der Waals surface area contributed by atoms with E-state index < -0.39 is 41.6 Å². The summed E-state index contributed by atoms with van der Waals surface area (Å²) in [5.41, 5.74) is 4.60. The van der Waals surface area contributed by atoms with Crippen LogP contribution in [0.3, 0.4) is 0 Å². The number of nitrogens with one attached hydrogen (secondary N) is 1. The highest BCUT2D eigenvalue weighted by Gasteiger charge is 2.55. The van der Waals surface area contributed by atoms with Crippen molar-refractivity contribution in [2.24, 2.45) is 5.73 Å². The fraction of sp³-hybridized carbons (Fsp3) is 0.692. The van der Waals surface area contributed by atoms with Gasteiger partial charge in [-0.25, -0.2) is 4.79 Å². The summed E-state index contributed by atoms with van der Waals surface area (Å²) >= 11 is 0. The normalized spacial score (nSPS) is 33.1. The van der Waals surface area contributed by atoms with Crippen molar-refractivity contribution < 1.29 is 19.3 Å². The molecule has 2 saturated heterocycles. The first-order valence-corrected chi connectivity index (χ1v) is 7.02. The summed E-state index contributed by atoms with van der Waals surface area (Å²) in [6.07, 6.45) is -1.13. The van der Waals surface area contributed by atoms with Gasteiger partial charge >= 0.3 is 5.69 Å². The Morgan fingerprint density at radius 3 is 2.68 bits per heavy atom. The van der Waals surface area contributed by atoms with Gasteiger partial charge in [0.15, 0.2) is 12.0 Å². The summed E-state index contributed by atoms with van der Waals surface area (Å²) in [7, 11) is 0. The molecule has 9 heteroatoms. The van der Waals surface area contributed by atoms with E-state index in [4.69, 9.17) is 19.9 Å². The van der Waals surface area contributed by atoms with Gasteiger partial charge in [-0.15, -0.1) is 0 Å². The minimum atomic E-state index is -0.840. The molecule has 0 unspecified atom stereocenters. The molecule has 4 N–H and O–H groups in total. The molecule has 0 spiro atoms. The third-order valence-corrected chi connectivity index (χ3v) is 3.84. The lowest BCUT2D eigenvalue weighted by molar-refractivity contribution is -0.200. The molecule has 1 aromatic rings. The number of nitrogens with zero attached hydrogens (tertiary/aromatic N) is 1. The summed E-state index contributed by atoms with van der Waals surface area (Å²) in [5.74, 6) is -0.840. The fourth-order valence-corrected chi connectivity index (χ4v) is 2.89. The standard InChI is InChI=1S/C13H19N3O6/c1-13(2)21-8-7(5-17)20-11(9(8)22-13)16-4-6(3-14)10(18)15-12(16)19/h4,7-9,11,17H,3,5,14H2,1-2H3,(H,15,18,19)/t7-,8-,9-,11-/m1/s1. The van der Waals surface area contributed by atoms with Crippen LogP contribution in [0.1, 0.15) is 25.6 Å². The number of ether oxygens (including phenoxy) is 3. The molecule has 0 amide bonds. The Bertz CT molecular complexity index is 681. The number of aromatic nitrogens is 2. The Morgan fingerprint density at radius 1 is 1.36 bits per heavy atom. The number of aliphatic hydroxyl groups is 1. The third-order valence-electron chi connectivity index (χ3n) is 3.84. The number of hydrogen-bond donors (Lipinski definition) is 3. The summed E-state index contributed by atoms with van der Waals surface area (Å²) in [4.78, 5) is 25.9. The van der Waals surface area contributed by atoms with Crippen molar-refractivity contribution >= 4 is 0 Å². The zero-order chi connectivity index (χ0) is 16.1. The average molecular weight is 313 g/mol. The van der Waals surface area contributed by atoms with Gasteiger partial charge in [-0.2, -0.15) is 0 Å². The van der Waals surface area contributed by atoms with Crippen molar-refractivity contribution in [3.63, 3.8) is 0 Å². The maximum atomic E-state index is 12.1. The molecule has 2 aliphatic heterocycles. The molecular weight excluding hydrogens is 294 g/mol. The Labute approximate surface area is 125 Å². The highest BCUT2D eigenvalue weighted by molar-refractivity contribution is 5.06. The molecule has 122 valence electrons. The molecule has 9 nitrogen and oxygen atoms in total. The number of hydrogen-bond acceptors (Lipinski definition) is 7. The Morgan fingerprint density at radius 2 is 2.05 bits per heavy atom. The minimum absolute atomic E-state index is 0.0112. The lowest BCUT2D eigenvalue weighted by Crippen LogP contribution is -2.39. The molecule has 3 heterocycles. The molecule has 3 rings (SSSR count). The number of nitrogens with two attached hydrogens (primary N) is 1. The monoisotopic (exact) mass is 313 g/mol. The average Bonchev–Trinajstić information content (AvgIpc) is 2.92. The molecular formula is C13H19N3O6. The summed E-state index contributed by atoms with van der Waals surface area (Å²) in [5, 5.41) is 9.44. The molecule has 2 aliphatic rings. The van der Waals surface area contributed by atoms with Gasteiger partial charge in [-0.1, -0.05) is 0 Å². The van der Waals surface area contributed by atoms with Crippen LogP contribution in [0.2, 0.25) is 0 Å². The number of rotatable bonds is 3. The summed E-state index contributed by atoms with van der Waals surface area (Å²) in [6, 6.07) is 0. The second-order valence-electron chi connectivity index (χ2n) is 5.84. The topological polar surface area (TPSA) is 129 Å². The van der Waals surface area contributed by atoms with Crippen molar-refractivity contribution in [2.75, 3.05) is 6.61 Å². The molecule has 0 aliphatic carbocycles. The first kappa shape index (κ1) is 15.4. The zero-order valence-electron chi connectivity index (χ0n) is 12.3. The van der Waals surface area contributed by atoms with E-state index in [0.717, 1.165) is 0 Å². The van der Waals surface area contributed by atoms with Gasteiger partial charge in [-0.3, -0.25) is 14.3 Å². The highest BCUT2D eigenvalue weighted by atomic mass is 16.8. The Kier molecular flexibility index (Phi) is 3.69. The van der Waals surface area contributed by atoms with Crippen LogP contribution in [0.15, 0.2) is 15.8 Å². The molecule has 0 bridgehead atoms. The number of fused-ring (bicyclic) bond motifs is 1. The van der Waals surface area contributed by atoms with Gasteiger partial charge in [0.25, 0.3) is 5.56 Å². The van der Waals surface area contributed by atoms with Crippen LogP contribution >= 0.6 is 0 Å². The fourth-order valence-electron chi connectivity index (χ4n) is 2.89. The predicted octanol–water partition coefficient (Wildman–Crippen LogP) is -1.59. The number of H-pyrrole nitrogens is 1. The van der Waals surface area contributed by atoms with Crippen molar-refractivity contribution in [3.8, 4) is 0 Å². The first-order valence-electron chi connectivity index (χ1n) is 7.02. The zero-order valence-corrected chi connectivity index (χ0v) is 12.3.